The number of hydrogen-bond donors (Lipinski definition) is 0. The molecule has 1 aliphatic heterocycles. The van der Waals surface area contributed by atoms with E-state index < -0.39 is 0 Å². The molecule has 1 aromatic heterocycles. The van der Waals surface area contributed by atoms with E-state index in [1.807, 2.05) is 0 Å². The minimum Gasteiger partial charge on any atom is -0.350 e. The lowest BCUT2D eigenvalue weighted by Crippen LogP contribution is -2.32. The Morgan fingerprint density at radius 1 is 1.20 bits per heavy atom. The molecule has 1 aliphatic rings. The zero-order chi connectivity index (χ0) is 14.1. The molecule has 0 amide bonds. The van der Waals surface area contributed by atoms with Crippen LogP contribution in [0.1, 0.15) is 36.6 Å². The third-order valence-electron chi connectivity index (χ3n) is 3.73. The Labute approximate surface area is 128 Å². The van der Waals surface area contributed by atoms with Crippen LogP contribution in [0.2, 0.25) is 0 Å². The van der Waals surface area contributed by atoms with Crippen molar-refractivity contribution in [3.05, 3.63) is 51.9 Å². The highest BCUT2D eigenvalue weighted by atomic mass is 79.9. The minimum absolute atomic E-state index is 0.368. The Balaban J connectivity index is 1.95. The lowest BCUT2D eigenvalue weighted by Gasteiger charge is -2.31. The molecule has 2 aromatic rings. The Morgan fingerprint density at radius 2 is 1.95 bits per heavy atom. The molecule has 104 valence electrons. The van der Waals surface area contributed by atoms with Gasteiger partial charge in [-0.3, -0.25) is 0 Å². The number of halogens is 1. The molecule has 3 rings (SSSR count). The molecule has 0 spiro atoms. The van der Waals surface area contributed by atoms with Gasteiger partial charge in [0, 0.05) is 13.1 Å². The maximum Gasteiger partial charge on any atom is 0.150 e. The summed E-state index contributed by atoms with van der Waals surface area (Å²) in [6, 6.07) is 8.67. The number of rotatable bonds is 2. The van der Waals surface area contributed by atoms with Crippen molar-refractivity contribution < 1.29 is 0 Å². The smallest absolute Gasteiger partial charge is 0.150 e. The van der Waals surface area contributed by atoms with Gasteiger partial charge in [-0.25, -0.2) is 9.97 Å². The second-order valence-electron chi connectivity index (χ2n) is 5.50. The van der Waals surface area contributed by atoms with E-state index >= 15 is 0 Å². The first-order chi connectivity index (χ1) is 9.65. The van der Waals surface area contributed by atoms with Crippen molar-refractivity contribution in [2.45, 2.75) is 32.7 Å². The molecule has 0 N–H and O–H groups in total. The van der Waals surface area contributed by atoms with Crippen molar-refractivity contribution >= 4 is 21.7 Å². The topological polar surface area (TPSA) is 29.0 Å². The molecule has 1 aromatic carbocycles. The highest BCUT2D eigenvalue weighted by Gasteiger charge is 2.21. The molecule has 0 unspecified atom stereocenters. The largest absolute Gasteiger partial charge is 0.350 e. The summed E-state index contributed by atoms with van der Waals surface area (Å²) in [6.07, 6.45) is 2.87. The van der Waals surface area contributed by atoms with Gasteiger partial charge in [-0.2, -0.15) is 0 Å². The van der Waals surface area contributed by atoms with Crippen LogP contribution in [-0.4, -0.2) is 16.5 Å². The average Bonchev–Trinajstić information content (AvgIpc) is 2.46. The van der Waals surface area contributed by atoms with Crippen molar-refractivity contribution in [1.29, 1.82) is 0 Å². The van der Waals surface area contributed by atoms with Gasteiger partial charge in [-0.1, -0.05) is 38.1 Å². The van der Waals surface area contributed by atoms with Crippen LogP contribution in [0, 0.1) is 0 Å². The van der Waals surface area contributed by atoms with E-state index in [0.717, 1.165) is 35.6 Å². The number of hydrogen-bond acceptors (Lipinski definition) is 3. The van der Waals surface area contributed by atoms with E-state index in [9.17, 15) is 0 Å². The van der Waals surface area contributed by atoms with Gasteiger partial charge in [-0.05, 0) is 39.4 Å². The normalized spacial score (nSPS) is 14.5. The zero-order valence-corrected chi connectivity index (χ0v) is 13.4. The van der Waals surface area contributed by atoms with Crippen LogP contribution in [0.4, 0.5) is 5.82 Å². The molecule has 0 saturated heterocycles. The summed E-state index contributed by atoms with van der Waals surface area (Å²) in [5.41, 5.74) is 3.93. The van der Waals surface area contributed by atoms with Gasteiger partial charge in [0.05, 0.1) is 11.9 Å². The van der Waals surface area contributed by atoms with Crippen LogP contribution in [0.15, 0.2) is 35.1 Å². The molecule has 0 radical (unpaired) electrons. The SMILES string of the molecule is CC(C)c1nc(Br)cnc1N1CCc2ccccc2C1. The zero-order valence-electron chi connectivity index (χ0n) is 11.8. The fourth-order valence-corrected chi connectivity index (χ4v) is 2.98. The van der Waals surface area contributed by atoms with Gasteiger partial charge in [0.25, 0.3) is 0 Å². The fraction of sp³-hybridized carbons (Fsp3) is 0.375. The lowest BCUT2D eigenvalue weighted by molar-refractivity contribution is 0.696. The summed E-state index contributed by atoms with van der Waals surface area (Å²) >= 11 is 3.42. The molecule has 0 bridgehead atoms. The third-order valence-corrected chi connectivity index (χ3v) is 4.11. The summed E-state index contributed by atoms with van der Waals surface area (Å²) in [4.78, 5) is 11.6. The molecule has 0 saturated carbocycles. The van der Waals surface area contributed by atoms with E-state index in [-0.39, 0.29) is 0 Å². The lowest BCUT2D eigenvalue weighted by atomic mass is 9.99. The van der Waals surface area contributed by atoms with Gasteiger partial charge < -0.3 is 4.90 Å². The standard InChI is InChI=1S/C16H18BrN3/c1-11(2)15-16(18-9-14(17)19-15)20-8-7-12-5-3-4-6-13(12)10-20/h3-6,9,11H,7-8,10H2,1-2H3. The number of benzene rings is 1. The van der Waals surface area contributed by atoms with Gasteiger partial charge >= 0.3 is 0 Å². The average molecular weight is 332 g/mol. The monoisotopic (exact) mass is 331 g/mol. The highest BCUT2D eigenvalue weighted by Crippen LogP contribution is 2.29. The summed E-state index contributed by atoms with van der Waals surface area (Å²) < 4.78 is 0.808. The van der Waals surface area contributed by atoms with Crippen LogP contribution >= 0.6 is 15.9 Å². The molecule has 20 heavy (non-hydrogen) atoms. The first kappa shape index (κ1) is 13.6. The minimum atomic E-state index is 0.368. The Kier molecular flexibility index (Phi) is 3.74. The van der Waals surface area contributed by atoms with Gasteiger partial charge in [0.2, 0.25) is 0 Å². The van der Waals surface area contributed by atoms with Crippen molar-refractivity contribution in [3.8, 4) is 0 Å². The first-order valence-corrected chi connectivity index (χ1v) is 7.78. The predicted molar refractivity (Wildman–Crippen MR) is 85.0 cm³/mol. The van der Waals surface area contributed by atoms with Crippen molar-refractivity contribution in [1.82, 2.24) is 9.97 Å². The fourth-order valence-electron chi connectivity index (χ4n) is 2.68. The molecule has 3 nitrogen and oxygen atoms in total. The first-order valence-electron chi connectivity index (χ1n) is 6.99. The quantitative estimate of drug-likeness (QED) is 0.834. The molecule has 4 heteroatoms. The van der Waals surface area contributed by atoms with E-state index in [1.54, 1.807) is 6.20 Å². The molecule has 2 heterocycles. The molecule has 0 aliphatic carbocycles. The van der Waals surface area contributed by atoms with Crippen molar-refractivity contribution in [2.75, 3.05) is 11.4 Å². The highest BCUT2D eigenvalue weighted by molar-refractivity contribution is 9.10. The van der Waals surface area contributed by atoms with Crippen LogP contribution in [0.25, 0.3) is 0 Å². The van der Waals surface area contributed by atoms with Crippen LogP contribution < -0.4 is 4.90 Å². The summed E-state index contributed by atoms with van der Waals surface area (Å²) in [5.74, 6) is 1.39. The van der Waals surface area contributed by atoms with E-state index in [0.29, 0.717) is 5.92 Å². The van der Waals surface area contributed by atoms with Crippen molar-refractivity contribution in [3.63, 3.8) is 0 Å². The summed E-state index contributed by atoms with van der Waals surface area (Å²) in [5, 5.41) is 0. The maximum absolute atomic E-state index is 4.62. The summed E-state index contributed by atoms with van der Waals surface area (Å²) in [7, 11) is 0. The van der Waals surface area contributed by atoms with Crippen molar-refractivity contribution in [2.24, 2.45) is 0 Å². The second kappa shape index (κ2) is 5.52. The summed E-state index contributed by atoms with van der Waals surface area (Å²) in [6.45, 7) is 6.26. The van der Waals surface area contributed by atoms with Crippen LogP contribution in [0.5, 0.6) is 0 Å². The third kappa shape index (κ3) is 2.57. The van der Waals surface area contributed by atoms with Gasteiger partial charge in [0.15, 0.2) is 5.82 Å². The number of fused-ring (bicyclic) bond motifs is 1. The Morgan fingerprint density at radius 3 is 2.70 bits per heavy atom. The Hall–Kier alpha value is -1.42. The number of aromatic nitrogens is 2. The van der Waals surface area contributed by atoms with E-state index in [1.165, 1.54) is 11.1 Å². The maximum atomic E-state index is 4.62. The number of anilines is 1. The molecular formula is C16H18BrN3. The van der Waals surface area contributed by atoms with Crippen LogP contribution in [-0.2, 0) is 13.0 Å². The van der Waals surface area contributed by atoms with E-state index in [2.05, 4.69) is 68.9 Å². The van der Waals surface area contributed by atoms with Crippen LogP contribution in [0.3, 0.4) is 0 Å². The van der Waals surface area contributed by atoms with Gasteiger partial charge in [-0.15, -0.1) is 0 Å². The van der Waals surface area contributed by atoms with E-state index in [4.69, 9.17) is 0 Å². The molecule has 0 fully saturated rings. The van der Waals surface area contributed by atoms with Gasteiger partial charge in [0.1, 0.15) is 4.60 Å². The number of nitrogens with zero attached hydrogens (tertiary/aromatic N) is 3. The Bertz CT molecular complexity index is 625. The predicted octanol–water partition coefficient (Wildman–Crippen LogP) is 3.93. The molecule has 0 atom stereocenters. The second-order valence-corrected chi connectivity index (χ2v) is 6.31. The molecular weight excluding hydrogens is 314 g/mol.